The van der Waals surface area contributed by atoms with Crippen LogP contribution in [0, 0.1) is 0 Å². The summed E-state index contributed by atoms with van der Waals surface area (Å²) in [6.45, 7) is 1.16. The number of nitrogens with one attached hydrogen (secondary N) is 1. The maximum absolute atomic E-state index is 13.5. The molecule has 0 saturated carbocycles. The van der Waals surface area contributed by atoms with Crippen molar-refractivity contribution in [3.05, 3.63) is 88.4 Å². The van der Waals surface area contributed by atoms with Crippen molar-refractivity contribution < 1.29 is 9.53 Å². The Labute approximate surface area is 175 Å². The number of hydrogen-bond acceptors (Lipinski definition) is 2. The van der Waals surface area contributed by atoms with E-state index >= 15 is 0 Å². The molecule has 2 aliphatic rings. The second-order valence-corrected chi connectivity index (χ2v) is 8.30. The molecule has 29 heavy (non-hydrogen) atoms. The van der Waals surface area contributed by atoms with Crippen molar-refractivity contribution in [1.29, 1.82) is 0 Å². The third kappa shape index (κ3) is 3.25. The average molecular weight is 404 g/mol. The van der Waals surface area contributed by atoms with Crippen molar-refractivity contribution in [3.63, 3.8) is 0 Å². The van der Waals surface area contributed by atoms with Crippen LogP contribution in [0.25, 0.3) is 11.1 Å². The van der Waals surface area contributed by atoms with Crippen molar-refractivity contribution in [1.82, 2.24) is 0 Å². The highest BCUT2D eigenvalue weighted by molar-refractivity contribution is 6.30. The van der Waals surface area contributed by atoms with Crippen molar-refractivity contribution in [3.8, 4) is 11.1 Å². The number of hydrogen-bond donors (Lipinski definition) is 1. The second kappa shape index (κ2) is 7.33. The van der Waals surface area contributed by atoms with Crippen LogP contribution in [0.5, 0.6) is 0 Å². The number of fused-ring (bicyclic) bond motifs is 3. The number of ether oxygens (including phenoxy) is 1. The summed E-state index contributed by atoms with van der Waals surface area (Å²) < 4.78 is 5.56. The van der Waals surface area contributed by atoms with Crippen LogP contribution in [0.3, 0.4) is 0 Å². The summed E-state index contributed by atoms with van der Waals surface area (Å²) in [5.74, 6) is 0.0265. The molecule has 1 fully saturated rings. The lowest BCUT2D eigenvalue weighted by atomic mass is 9.73. The summed E-state index contributed by atoms with van der Waals surface area (Å²) in [6.07, 6.45) is 2.24. The second-order valence-electron chi connectivity index (χ2n) is 7.86. The summed E-state index contributed by atoms with van der Waals surface area (Å²) in [7, 11) is 0. The Hall–Kier alpha value is -2.62. The molecule has 0 spiro atoms. The SMILES string of the molecule is O=C(Nc1ccc2c(c1)Cc1ccccc1-2)C1(c2ccc(Cl)cc2)CCOCC1. The highest BCUT2D eigenvalue weighted by atomic mass is 35.5. The lowest BCUT2D eigenvalue weighted by molar-refractivity contribution is -0.125. The van der Waals surface area contributed by atoms with Gasteiger partial charge in [0.05, 0.1) is 5.41 Å². The maximum atomic E-state index is 13.5. The zero-order valence-corrected chi connectivity index (χ0v) is 16.8. The van der Waals surface area contributed by atoms with Gasteiger partial charge < -0.3 is 10.1 Å². The van der Waals surface area contributed by atoms with E-state index in [2.05, 4.69) is 41.7 Å². The molecule has 1 aliphatic carbocycles. The highest BCUT2D eigenvalue weighted by Crippen LogP contribution is 2.39. The zero-order chi connectivity index (χ0) is 19.8. The van der Waals surface area contributed by atoms with Gasteiger partial charge in [-0.05, 0) is 71.3 Å². The molecule has 1 N–H and O–H groups in total. The molecule has 3 nitrogen and oxygen atoms in total. The number of carbonyl (C=O) groups is 1. The average Bonchev–Trinajstić information content (AvgIpc) is 3.12. The molecule has 0 aromatic heterocycles. The normalized spacial score (nSPS) is 16.7. The number of halogens is 1. The van der Waals surface area contributed by atoms with Crippen molar-refractivity contribution in [2.75, 3.05) is 18.5 Å². The van der Waals surface area contributed by atoms with E-state index in [9.17, 15) is 4.79 Å². The van der Waals surface area contributed by atoms with Crippen LogP contribution < -0.4 is 5.32 Å². The first-order chi connectivity index (χ1) is 14.2. The van der Waals surface area contributed by atoms with Gasteiger partial charge in [0.15, 0.2) is 0 Å². The molecule has 0 unspecified atom stereocenters. The van der Waals surface area contributed by atoms with Gasteiger partial charge in [-0.15, -0.1) is 0 Å². The zero-order valence-electron chi connectivity index (χ0n) is 16.1. The minimum Gasteiger partial charge on any atom is -0.381 e. The Kier molecular flexibility index (Phi) is 4.65. The Bertz CT molecular complexity index is 1070. The largest absolute Gasteiger partial charge is 0.381 e. The van der Waals surface area contributed by atoms with E-state index < -0.39 is 5.41 Å². The molecule has 1 saturated heterocycles. The molecule has 146 valence electrons. The first-order valence-electron chi connectivity index (χ1n) is 10.0. The van der Waals surface area contributed by atoms with Gasteiger partial charge in [-0.2, -0.15) is 0 Å². The molecule has 1 amide bonds. The minimum absolute atomic E-state index is 0.0265. The smallest absolute Gasteiger partial charge is 0.235 e. The van der Waals surface area contributed by atoms with E-state index in [0.29, 0.717) is 31.1 Å². The molecule has 3 aromatic carbocycles. The summed E-state index contributed by atoms with van der Waals surface area (Å²) in [6, 6.07) is 22.4. The summed E-state index contributed by atoms with van der Waals surface area (Å²) >= 11 is 6.07. The van der Waals surface area contributed by atoms with Crippen LogP contribution in [0.2, 0.25) is 5.02 Å². The molecule has 4 heteroatoms. The molecule has 0 bridgehead atoms. The van der Waals surface area contributed by atoms with Crippen molar-refractivity contribution in [2.24, 2.45) is 0 Å². The van der Waals surface area contributed by atoms with Crippen LogP contribution in [0.4, 0.5) is 5.69 Å². The summed E-state index contributed by atoms with van der Waals surface area (Å²) in [5, 5.41) is 3.87. The monoisotopic (exact) mass is 403 g/mol. The molecule has 1 heterocycles. The van der Waals surface area contributed by atoms with Gasteiger partial charge >= 0.3 is 0 Å². The Balaban J connectivity index is 1.44. The van der Waals surface area contributed by atoms with Crippen LogP contribution in [0.15, 0.2) is 66.7 Å². The van der Waals surface area contributed by atoms with E-state index in [1.54, 1.807) is 0 Å². The lowest BCUT2D eigenvalue weighted by Gasteiger charge is -2.36. The Morgan fingerprint density at radius 3 is 2.41 bits per heavy atom. The van der Waals surface area contributed by atoms with E-state index in [4.69, 9.17) is 16.3 Å². The van der Waals surface area contributed by atoms with Gasteiger partial charge in [-0.1, -0.05) is 54.1 Å². The van der Waals surface area contributed by atoms with Crippen molar-refractivity contribution in [2.45, 2.75) is 24.7 Å². The first-order valence-corrected chi connectivity index (χ1v) is 10.4. The molecule has 1 aliphatic heterocycles. The van der Waals surface area contributed by atoms with Crippen LogP contribution in [-0.4, -0.2) is 19.1 Å². The lowest BCUT2D eigenvalue weighted by Crippen LogP contribution is -2.44. The van der Waals surface area contributed by atoms with E-state index in [-0.39, 0.29) is 5.91 Å². The summed E-state index contributed by atoms with van der Waals surface area (Å²) in [4.78, 5) is 13.5. The van der Waals surface area contributed by atoms with Gasteiger partial charge in [0.1, 0.15) is 0 Å². The van der Waals surface area contributed by atoms with Crippen LogP contribution in [-0.2, 0) is 21.4 Å². The number of rotatable bonds is 3. The predicted molar refractivity (Wildman–Crippen MR) is 116 cm³/mol. The number of benzene rings is 3. The van der Waals surface area contributed by atoms with E-state index in [1.807, 2.05) is 30.3 Å². The number of anilines is 1. The highest BCUT2D eigenvalue weighted by Gasteiger charge is 2.41. The number of carbonyl (C=O) groups excluding carboxylic acids is 1. The first kappa shape index (κ1) is 18.4. The fourth-order valence-corrected chi connectivity index (χ4v) is 4.74. The molecule has 3 aromatic rings. The molecule has 0 radical (unpaired) electrons. The minimum atomic E-state index is -0.592. The Morgan fingerprint density at radius 1 is 0.897 bits per heavy atom. The molecule has 0 atom stereocenters. The van der Waals surface area contributed by atoms with Gasteiger partial charge in [0.25, 0.3) is 0 Å². The van der Waals surface area contributed by atoms with E-state index in [1.165, 1.54) is 22.3 Å². The van der Waals surface area contributed by atoms with Gasteiger partial charge in [0, 0.05) is 23.9 Å². The van der Waals surface area contributed by atoms with Crippen LogP contribution in [0.1, 0.15) is 29.5 Å². The third-order valence-corrected chi connectivity index (χ3v) is 6.48. The molecular weight excluding hydrogens is 382 g/mol. The van der Waals surface area contributed by atoms with Crippen molar-refractivity contribution >= 4 is 23.2 Å². The van der Waals surface area contributed by atoms with Gasteiger partial charge in [-0.3, -0.25) is 4.79 Å². The number of amides is 1. The van der Waals surface area contributed by atoms with Gasteiger partial charge in [0.2, 0.25) is 5.91 Å². The Morgan fingerprint density at radius 2 is 1.62 bits per heavy atom. The van der Waals surface area contributed by atoms with Gasteiger partial charge in [-0.25, -0.2) is 0 Å². The fraction of sp³-hybridized carbons (Fsp3) is 0.240. The maximum Gasteiger partial charge on any atom is 0.235 e. The van der Waals surface area contributed by atoms with Crippen LogP contribution >= 0.6 is 11.6 Å². The predicted octanol–water partition coefficient (Wildman–Crippen LogP) is 5.60. The fourth-order valence-electron chi connectivity index (χ4n) is 4.61. The topological polar surface area (TPSA) is 38.3 Å². The van der Waals surface area contributed by atoms with E-state index in [0.717, 1.165) is 17.7 Å². The molecular formula is C25H22ClNO2. The summed E-state index contributed by atoms with van der Waals surface area (Å²) in [5.41, 5.74) is 6.41. The molecule has 5 rings (SSSR count). The standard InChI is InChI=1S/C25H22ClNO2/c26-20-7-5-19(6-8-20)25(11-13-29-14-12-25)24(28)27-21-9-10-23-18(16-21)15-17-3-1-2-4-22(17)23/h1-10,16H,11-15H2,(H,27,28). The third-order valence-electron chi connectivity index (χ3n) is 6.23. The quantitative estimate of drug-likeness (QED) is 0.483.